The first kappa shape index (κ1) is 22.0. The van der Waals surface area contributed by atoms with Gasteiger partial charge in [0.2, 0.25) is 0 Å². The van der Waals surface area contributed by atoms with E-state index < -0.39 is 5.97 Å². The molecule has 0 aliphatic carbocycles. The molecule has 156 valence electrons. The number of aromatic carboxylic acids is 1. The third-order valence-corrected chi connectivity index (χ3v) is 5.60. The van der Waals surface area contributed by atoms with E-state index in [2.05, 4.69) is 21.2 Å². The summed E-state index contributed by atoms with van der Waals surface area (Å²) in [6.07, 6.45) is 0. The summed E-state index contributed by atoms with van der Waals surface area (Å²) in [5.74, 6) is 0.222. The summed E-state index contributed by atoms with van der Waals surface area (Å²) in [6.45, 7) is 2.89. The Morgan fingerprint density at radius 3 is 2.50 bits per heavy atom. The smallest absolute Gasteiger partial charge is 0.335 e. The fourth-order valence-electron chi connectivity index (χ4n) is 2.81. The van der Waals surface area contributed by atoms with Gasteiger partial charge in [-0.2, -0.15) is 0 Å². The first-order valence-electron chi connectivity index (χ1n) is 9.19. The number of halogens is 2. The second kappa shape index (κ2) is 9.87. The molecular formula is C23H21BrClNO4. The molecule has 0 aliphatic rings. The zero-order chi connectivity index (χ0) is 21.7. The quantitative estimate of drug-likeness (QED) is 0.387. The Labute approximate surface area is 188 Å². The van der Waals surface area contributed by atoms with Gasteiger partial charge in [0.15, 0.2) is 11.5 Å². The van der Waals surface area contributed by atoms with Crippen LogP contribution in [-0.4, -0.2) is 18.2 Å². The first-order valence-corrected chi connectivity index (χ1v) is 10.4. The Kier molecular flexibility index (Phi) is 7.24. The van der Waals surface area contributed by atoms with Crippen LogP contribution in [0.15, 0.2) is 59.1 Å². The maximum atomic E-state index is 11.2. The lowest BCUT2D eigenvalue weighted by molar-refractivity contribution is 0.0697. The van der Waals surface area contributed by atoms with E-state index in [1.54, 1.807) is 13.2 Å². The van der Waals surface area contributed by atoms with Gasteiger partial charge in [-0.3, -0.25) is 0 Å². The van der Waals surface area contributed by atoms with E-state index in [1.165, 1.54) is 17.7 Å². The Morgan fingerprint density at radius 2 is 1.83 bits per heavy atom. The van der Waals surface area contributed by atoms with Crippen LogP contribution < -0.4 is 14.8 Å². The van der Waals surface area contributed by atoms with E-state index in [9.17, 15) is 4.79 Å². The van der Waals surface area contributed by atoms with Gasteiger partial charge in [0.1, 0.15) is 6.61 Å². The molecule has 0 aliphatic heterocycles. The molecule has 0 radical (unpaired) electrons. The molecule has 30 heavy (non-hydrogen) atoms. The third kappa shape index (κ3) is 5.46. The Bertz CT molecular complexity index is 1050. The lowest BCUT2D eigenvalue weighted by atomic mass is 10.1. The highest BCUT2D eigenvalue weighted by atomic mass is 79.9. The molecule has 0 fully saturated rings. The monoisotopic (exact) mass is 489 g/mol. The number of hydrogen-bond donors (Lipinski definition) is 2. The molecule has 0 atom stereocenters. The zero-order valence-electron chi connectivity index (χ0n) is 16.5. The number of ether oxygens (including phenoxy) is 2. The summed E-state index contributed by atoms with van der Waals surface area (Å²) in [6, 6.07) is 16.4. The molecule has 0 saturated heterocycles. The van der Waals surface area contributed by atoms with Gasteiger partial charge in [-0.1, -0.05) is 57.4 Å². The van der Waals surface area contributed by atoms with Gasteiger partial charge >= 0.3 is 5.97 Å². The molecule has 0 bridgehead atoms. The van der Waals surface area contributed by atoms with Crippen LogP contribution in [0.3, 0.4) is 0 Å². The first-order chi connectivity index (χ1) is 14.4. The summed E-state index contributed by atoms with van der Waals surface area (Å²) in [4.78, 5) is 11.2. The number of hydrogen-bond acceptors (Lipinski definition) is 4. The van der Waals surface area contributed by atoms with Crippen LogP contribution in [0.1, 0.15) is 27.0 Å². The van der Waals surface area contributed by atoms with Crippen LogP contribution in [0.25, 0.3) is 0 Å². The molecule has 3 rings (SSSR count). The van der Waals surface area contributed by atoms with Crippen molar-refractivity contribution in [2.24, 2.45) is 0 Å². The van der Waals surface area contributed by atoms with Crippen molar-refractivity contribution >= 4 is 39.2 Å². The average molecular weight is 491 g/mol. The molecule has 5 nitrogen and oxygen atoms in total. The van der Waals surface area contributed by atoms with Crippen molar-refractivity contribution in [1.29, 1.82) is 0 Å². The van der Waals surface area contributed by atoms with Gasteiger partial charge in [-0.25, -0.2) is 4.79 Å². The fourth-order valence-corrected chi connectivity index (χ4v) is 3.46. The van der Waals surface area contributed by atoms with Crippen LogP contribution in [0, 0.1) is 6.92 Å². The average Bonchev–Trinajstić information content (AvgIpc) is 2.73. The third-order valence-electron chi connectivity index (χ3n) is 4.53. The Balaban J connectivity index is 1.74. The summed E-state index contributed by atoms with van der Waals surface area (Å²) in [5, 5.41) is 12.8. The summed E-state index contributed by atoms with van der Waals surface area (Å²) in [7, 11) is 1.59. The van der Waals surface area contributed by atoms with E-state index in [1.807, 2.05) is 43.3 Å². The Hall–Kier alpha value is -2.70. The minimum Gasteiger partial charge on any atom is -0.493 e. The second-order valence-electron chi connectivity index (χ2n) is 6.72. The van der Waals surface area contributed by atoms with Crippen molar-refractivity contribution < 1.29 is 19.4 Å². The van der Waals surface area contributed by atoms with E-state index >= 15 is 0 Å². The van der Waals surface area contributed by atoms with E-state index in [4.69, 9.17) is 26.2 Å². The minimum atomic E-state index is -1.01. The van der Waals surface area contributed by atoms with Gasteiger partial charge in [-0.05, 0) is 48.4 Å². The number of anilines is 1. The van der Waals surface area contributed by atoms with Crippen LogP contribution in [0.4, 0.5) is 5.69 Å². The summed E-state index contributed by atoms with van der Waals surface area (Å²) >= 11 is 9.76. The molecule has 0 aromatic heterocycles. The number of methoxy groups -OCH3 is 1. The molecule has 0 heterocycles. The highest BCUT2D eigenvalue weighted by Crippen LogP contribution is 2.35. The maximum Gasteiger partial charge on any atom is 0.335 e. The van der Waals surface area contributed by atoms with Crippen molar-refractivity contribution in [3.8, 4) is 11.5 Å². The minimum absolute atomic E-state index is 0.165. The predicted octanol–water partition coefficient (Wildman–Crippen LogP) is 6.31. The van der Waals surface area contributed by atoms with Gasteiger partial charge in [0.05, 0.1) is 23.4 Å². The number of benzene rings is 3. The van der Waals surface area contributed by atoms with Gasteiger partial charge in [0.25, 0.3) is 0 Å². The molecule has 0 unspecified atom stereocenters. The van der Waals surface area contributed by atoms with Gasteiger partial charge < -0.3 is 19.9 Å². The highest BCUT2D eigenvalue weighted by Gasteiger charge is 2.12. The topological polar surface area (TPSA) is 67.8 Å². The number of aryl methyl sites for hydroxylation is 1. The standard InChI is InChI=1S/C23H21BrClNO4/c1-14-3-5-15(6-4-14)13-30-22-11-18(24)17(10-21(22)29-2)12-26-20-9-16(23(27)28)7-8-19(20)25/h3-11,26H,12-13H2,1-2H3,(H,27,28). The molecule has 0 spiro atoms. The molecule has 0 saturated carbocycles. The zero-order valence-corrected chi connectivity index (χ0v) is 18.9. The summed E-state index contributed by atoms with van der Waals surface area (Å²) < 4.78 is 12.3. The number of nitrogens with one attached hydrogen (secondary N) is 1. The van der Waals surface area contributed by atoms with E-state index in [-0.39, 0.29) is 5.56 Å². The van der Waals surface area contributed by atoms with Crippen molar-refractivity contribution in [3.63, 3.8) is 0 Å². The normalized spacial score (nSPS) is 10.5. The highest BCUT2D eigenvalue weighted by molar-refractivity contribution is 9.10. The van der Waals surface area contributed by atoms with Crippen LogP contribution in [-0.2, 0) is 13.2 Å². The molecule has 3 aromatic carbocycles. The molecular weight excluding hydrogens is 470 g/mol. The van der Waals surface area contributed by atoms with Gasteiger partial charge in [0, 0.05) is 11.0 Å². The fraction of sp³-hybridized carbons (Fsp3) is 0.174. The van der Waals surface area contributed by atoms with Crippen molar-refractivity contribution in [3.05, 3.63) is 86.3 Å². The Morgan fingerprint density at radius 1 is 1.10 bits per heavy atom. The number of rotatable bonds is 8. The maximum absolute atomic E-state index is 11.2. The SMILES string of the molecule is COc1cc(CNc2cc(C(=O)O)ccc2Cl)c(Br)cc1OCc1ccc(C)cc1. The lowest BCUT2D eigenvalue weighted by Gasteiger charge is -2.15. The van der Waals surface area contributed by atoms with Gasteiger partial charge in [-0.15, -0.1) is 0 Å². The van der Waals surface area contributed by atoms with Crippen molar-refractivity contribution in [1.82, 2.24) is 0 Å². The predicted molar refractivity (Wildman–Crippen MR) is 122 cm³/mol. The van der Waals surface area contributed by atoms with Crippen LogP contribution in [0.5, 0.6) is 11.5 Å². The molecule has 2 N–H and O–H groups in total. The molecule has 7 heteroatoms. The van der Waals surface area contributed by atoms with Crippen LogP contribution in [0.2, 0.25) is 5.02 Å². The number of carboxylic acids is 1. The number of carbonyl (C=O) groups is 1. The molecule has 0 amide bonds. The second-order valence-corrected chi connectivity index (χ2v) is 7.98. The lowest BCUT2D eigenvalue weighted by Crippen LogP contribution is -2.05. The largest absolute Gasteiger partial charge is 0.493 e. The van der Waals surface area contributed by atoms with Crippen molar-refractivity contribution in [2.75, 3.05) is 12.4 Å². The summed E-state index contributed by atoms with van der Waals surface area (Å²) in [5.41, 5.74) is 3.88. The van der Waals surface area contributed by atoms with E-state index in [0.29, 0.717) is 35.4 Å². The van der Waals surface area contributed by atoms with E-state index in [0.717, 1.165) is 15.6 Å². The number of carboxylic acid groups (broad SMARTS) is 1. The van der Waals surface area contributed by atoms with Crippen molar-refractivity contribution in [2.45, 2.75) is 20.1 Å². The van der Waals surface area contributed by atoms with Crippen LogP contribution >= 0.6 is 27.5 Å². The molecule has 3 aromatic rings.